The van der Waals surface area contributed by atoms with Gasteiger partial charge in [0.05, 0.1) is 28.8 Å². The fourth-order valence-corrected chi connectivity index (χ4v) is 6.55. The van der Waals surface area contributed by atoms with Crippen molar-refractivity contribution in [1.82, 2.24) is 15.3 Å². The van der Waals surface area contributed by atoms with Crippen LogP contribution in [0.3, 0.4) is 0 Å². The van der Waals surface area contributed by atoms with Gasteiger partial charge in [0.15, 0.2) is 34.7 Å². The lowest BCUT2D eigenvalue weighted by molar-refractivity contribution is -0.181. The Hall–Kier alpha value is -3.45. The molecular weight excluding hydrogens is 544 g/mol. The quantitative estimate of drug-likeness (QED) is 0.252. The number of nitrogens with zero attached hydrogens (tertiary/aromatic N) is 2. The Morgan fingerprint density at radius 2 is 1.79 bits per heavy atom. The standard InChI is InChI=1S/C30H40N4O8/c1-29(2,3)42-32-18(10-11-33(4)5)15-8-9-19(35)21-16(15)12-14-13-17-23(34(6)7)25(37)22(28(31)40)27(39)30(17,41)26(38)20(14)24(21)36/h8-10,14,17,20,22-23,32,35,41H,11-13H2,1-7H3,(H2,31,40)/b18-10-/t14-,17-,20?,22?,23-,30-/m0/s1. The first-order valence-electron chi connectivity index (χ1n) is 13.9. The Morgan fingerprint density at radius 1 is 1.14 bits per heavy atom. The van der Waals surface area contributed by atoms with Gasteiger partial charge in [-0.2, -0.15) is 0 Å². The van der Waals surface area contributed by atoms with Crippen molar-refractivity contribution < 1.29 is 39.0 Å². The monoisotopic (exact) mass is 584 g/mol. The van der Waals surface area contributed by atoms with Crippen molar-refractivity contribution in [3.8, 4) is 5.75 Å². The van der Waals surface area contributed by atoms with Crippen LogP contribution in [-0.2, 0) is 30.4 Å². The number of primary amides is 1. The van der Waals surface area contributed by atoms with Crippen LogP contribution in [0.5, 0.6) is 5.75 Å². The van der Waals surface area contributed by atoms with E-state index in [0.717, 1.165) is 0 Å². The summed E-state index contributed by atoms with van der Waals surface area (Å²) >= 11 is 0. The summed E-state index contributed by atoms with van der Waals surface area (Å²) in [6, 6.07) is 1.86. The van der Waals surface area contributed by atoms with Crippen molar-refractivity contribution in [1.29, 1.82) is 0 Å². The van der Waals surface area contributed by atoms with E-state index in [2.05, 4.69) is 5.48 Å². The first-order valence-corrected chi connectivity index (χ1v) is 13.9. The molecule has 0 heterocycles. The van der Waals surface area contributed by atoms with E-state index in [-0.39, 0.29) is 24.2 Å². The lowest BCUT2D eigenvalue weighted by Gasteiger charge is -2.52. The van der Waals surface area contributed by atoms with Crippen LogP contribution < -0.4 is 11.2 Å². The number of benzene rings is 1. The number of aliphatic hydroxyl groups is 1. The zero-order valence-electron chi connectivity index (χ0n) is 25.1. The molecule has 0 bridgehead atoms. The molecule has 3 aliphatic carbocycles. The van der Waals surface area contributed by atoms with E-state index in [9.17, 15) is 34.2 Å². The van der Waals surface area contributed by atoms with Crippen molar-refractivity contribution >= 4 is 34.7 Å². The molecule has 1 aromatic carbocycles. The molecule has 2 fully saturated rings. The highest BCUT2D eigenvalue weighted by molar-refractivity contribution is 6.32. The van der Waals surface area contributed by atoms with Crippen LogP contribution in [0.4, 0.5) is 0 Å². The van der Waals surface area contributed by atoms with E-state index in [1.807, 2.05) is 45.8 Å². The molecule has 4 rings (SSSR count). The summed E-state index contributed by atoms with van der Waals surface area (Å²) in [5.74, 6) is -10.8. The third-order valence-electron chi connectivity index (χ3n) is 8.36. The van der Waals surface area contributed by atoms with E-state index in [4.69, 9.17) is 10.6 Å². The molecule has 0 radical (unpaired) electrons. The number of fused-ring (bicyclic) bond motifs is 3. The van der Waals surface area contributed by atoms with Gasteiger partial charge in [-0.05, 0) is 91.5 Å². The number of hydroxylamine groups is 1. The van der Waals surface area contributed by atoms with Gasteiger partial charge >= 0.3 is 0 Å². The second-order valence-electron chi connectivity index (χ2n) is 13.0. The molecule has 228 valence electrons. The van der Waals surface area contributed by atoms with E-state index >= 15 is 0 Å². The number of aromatic hydroxyl groups is 1. The molecule has 12 heteroatoms. The van der Waals surface area contributed by atoms with Gasteiger partial charge in [-0.15, -0.1) is 0 Å². The number of likely N-dealkylation sites (N-methyl/N-ethyl adjacent to an activating group) is 2. The normalized spacial score (nSPS) is 29.9. The van der Waals surface area contributed by atoms with Gasteiger partial charge in [0.1, 0.15) is 5.75 Å². The summed E-state index contributed by atoms with van der Waals surface area (Å²) in [7, 11) is 6.89. The molecule has 0 saturated heterocycles. The maximum absolute atomic E-state index is 14.0. The molecule has 42 heavy (non-hydrogen) atoms. The van der Waals surface area contributed by atoms with Crippen molar-refractivity contribution in [3.63, 3.8) is 0 Å². The van der Waals surface area contributed by atoms with Crippen molar-refractivity contribution in [2.45, 2.75) is 50.9 Å². The number of hydrogen-bond donors (Lipinski definition) is 4. The summed E-state index contributed by atoms with van der Waals surface area (Å²) in [5.41, 5.74) is 6.60. The fraction of sp³-hybridized carbons (Fsp3) is 0.567. The van der Waals surface area contributed by atoms with E-state index in [1.165, 1.54) is 11.0 Å². The highest BCUT2D eigenvalue weighted by Crippen LogP contribution is 2.51. The van der Waals surface area contributed by atoms with Crippen molar-refractivity contribution in [2.24, 2.45) is 29.4 Å². The number of ketones is 4. The number of phenols is 1. The Labute approximate surface area is 244 Å². The topological polar surface area (TPSA) is 180 Å². The van der Waals surface area contributed by atoms with Crippen LogP contribution in [0, 0.1) is 23.7 Å². The van der Waals surface area contributed by atoms with Gasteiger partial charge in [0.2, 0.25) is 5.91 Å². The average molecular weight is 585 g/mol. The van der Waals surface area contributed by atoms with Crippen LogP contribution in [0.25, 0.3) is 5.70 Å². The number of carbonyl (C=O) groups excluding carboxylic acids is 5. The zero-order valence-corrected chi connectivity index (χ0v) is 25.1. The molecule has 1 amide bonds. The zero-order chi connectivity index (χ0) is 31.5. The number of carbonyl (C=O) groups is 5. The molecule has 2 saturated carbocycles. The smallest absolute Gasteiger partial charge is 0.235 e. The first kappa shape index (κ1) is 31.5. The second kappa shape index (κ2) is 11.0. The van der Waals surface area contributed by atoms with E-state index in [1.54, 1.807) is 20.2 Å². The molecule has 0 spiro atoms. The predicted molar refractivity (Wildman–Crippen MR) is 152 cm³/mol. The molecule has 1 aromatic rings. The largest absolute Gasteiger partial charge is 0.507 e. The molecular formula is C30H40N4O8. The number of amides is 1. The summed E-state index contributed by atoms with van der Waals surface area (Å²) < 4.78 is 0. The van der Waals surface area contributed by atoms with Crippen LogP contribution in [-0.4, -0.2) is 101 Å². The van der Waals surface area contributed by atoms with Crippen molar-refractivity contribution in [2.75, 3.05) is 34.7 Å². The van der Waals surface area contributed by atoms with Gasteiger partial charge < -0.3 is 20.8 Å². The number of Topliss-reactive ketones (excluding diaryl/α,β-unsaturated/α-hetero) is 4. The molecule has 0 aromatic heterocycles. The summed E-state index contributed by atoms with van der Waals surface area (Å²) in [6.07, 6.45) is 2.00. The average Bonchev–Trinajstić information content (AvgIpc) is 2.85. The van der Waals surface area contributed by atoms with Crippen LogP contribution in [0.15, 0.2) is 18.2 Å². The van der Waals surface area contributed by atoms with Gasteiger partial charge in [0.25, 0.3) is 0 Å². The fourth-order valence-electron chi connectivity index (χ4n) is 6.55. The third-order valence-corrected chi connectivity index (χ3v) is 8.36. The van der Waals surface area contributed by atoms with Gasteiger partial charge in [0, 0.05) is 18.0 Å². The lowest BCUT2D eigenvalue weighted by atomic mass is 9.52. The van der Waals surface area contributed by atoms with Gasteiger partial charge in [-0.25, -0.2) is 0 Å². The van der Waals surface area contributed by atoms with E-state index < -0.39 is 70.0 Å². The summed E-state index contributed by atoms with van der Waals surface area (Å²) in [5, 5.41) is 22.6. The molecule has 5 N–H and O–H groups in total. The number of nitrogens with one attached hydrogen (secondary N) is 1. The van der Waals surface area contributed by atoms with E-state index in [0.29, 0.717) is 23.4 Å². The third kappa shape index (κ3) is 5.17. The second-order valence-corrected chi connectivity index (χ2v) is 13.0. The summed E-state index contributed by atoms with van der Waals surface area (Å²) in [4.78, 5) is 76.1. The molecule has 6 atom stereocenters. The maximum Gasteiger partial charge on any atom is 0.235 e. The SMILES string of the molecule is CN(C)C/C=C(\NOC(C)(C)C)c1ccc(O)c2c1C[C@H]1C[C@H]3[C@H](N(C)C)C(=O)C(C(N)=O)C(=O)[C@@]3(O)C(=O)C1C2=O. The lowest BCUT2D eigenvalue weighted by Crippen LogP contribution is -2.74. The molecule has 12 nitrogen and oxygen atoms in total. The summed E-state index contributed by atoms with van der Waals surface area (Å²) in [6.45, 7) is 6.13. The predicted octanol–water partition coefficient (Wildman–Crippen LogP) is 0.0892. The number of rotatable bonds is 7. The first-order chi connectivity index (χ1) is 19.4. The number of nitrogens with two attached hydrogens (primary N) is 1. The molecule has 2 unspecified atom stereocenters. The molecule has 3 aliphatic rings. The van der Waals surface area contributed by atoms with Gasteiger partial charge in [-0.1, -0.05) is 0 Å². The number of hydrogen-bond acceptors (Lipinski definition) is 11. The minimum atomic E-state index is -2.76. The minimum Gasteiger partial charge on any atom is -0.507 e. The Kier molecular flexibility index (Phi) is 8.24. The van der Waals surface area contributed by atoms with Crippen molar-refractivity contribution in [3.05, 3.63) is 34.9 Å². The van der Waals surface area contributed by atoms with Crippen LogP contribution >= 0.6 is 0 Å². The Morgan fingerprint density at radius 3 is 2.33 bits per heavy atom. The minimum absolute atomic E-state index is 0.0261. The highest BCUT2D eigenvalue weighted by Gasteiger charge is 2.69. The van der Waals surface area contributed by atoms with Crippen LogP contribution in [0.2, 0.25) is 0 Å². The Balaban J connectivity index is 1.85. The maximum atomic E-state index is 14.0. The Bertz CT molecular complexity index is 1380. The van der Waals surface area contributed by atoms with Gasteiger partial charge in [-0.3, -0.25) is 39.2 Å². The van der Waals surface area contributed by atoms with Crippen LogP contribution in [0.1, 0.15) is 48.7 Å². The highest BCUT2D eigenvalue weighted by atomic mass is 16.7. The number of phenolic OH excluding ortho intramolecular Hbond substituents is 1. The molecule has 0 aliphatic heterocycles.